The number of ether oxygens (including phenoxy) is 7. The topological polar surface area (TPSA) is 309 Å². The lowest BCUT2D eigenvalue weighted by Gasteiger charge is -2.45. The first-order valence-electron chi connectivity index (χ1n) is 13.6. The van der Waals surface area contributed by atoms with Crippen LogP contribution in [0.4, 0.5) is 0 Å². The zero-order valence-electron chi connectivity index (χ0n) is 25.3. The third kappa shape index (κ3) is 11.1. The first-order valence-corrected chi connectivity index (χ1v) is 15.1. The van der Waals surface area contributed by atoms with Gasteiger partial charge in [0.15, 0.2) is 37.0 Å². The van der Waals surface area contributed by atoms with Crippen LogP contribution in [-0.2, 0) is 65.9 Å². The molecule has 2 rings (SSSR count). The first kappa shape index (κ1) is 38.6. The van der Waals surface area contributed by atoms with Crippen molar-refractivity contribution >= 4 is 31.7 Å². The highest BCUT2D eigenvalue weighted by Crippen LogP contribution is 2.44. The number of nitrogens with zero attached hydrogens (tertiary/aromatic N) is 6. The molecular formula is C23H34N6O16P-. The van der Waals surface area contributed by atoms with E-state index in [1.807, 2.05) is 0 Å². The van der Waals surface area contributed by atoms with Crippen LogP contribution in [0.15, 0.2) is 10.2 Å². The molecule has 2 heterocycles. The van der Waals surface area contributed by atoms with E-state index in [0.29, 0.717) is 6.42 Å². The fourth-order valence-corrected chi connectivity index (χ4v) is 5.35. The van der Waals surface area contributed by atoms with Gasteiger partial charge in [-0.05, 0) is 17.5 Å². The Morgan fingerprint density at radius 1 is 0.804 bits per heavy atom. The van der Waals surface area contributed by atoms with Gasteiger partial charge in [-0.25, -0.2) is 0 Å². The van der Waals surface area contributed by atoms with E-state index in [1.54, 1.807) is 6.92 Å². The van der Waals surface area contributed by atoms with Crippen LogP contribution in [-0.4, -0.2) is 110 Å². The van der Waals surface area contributed by atoms with Crippen LogP contribution in [0, 0.1) is 0 Å². The molecule has 0 amide bonds. The Labute approximate surface area is 261 Å². The van der Waals surface area contributed by atoms with Gasteiger partial charge in [-0.1, -0.05) is 17.2 Å². The van der Waals surface area contributed by atoms with E-state index >= 15 is 0 Å². The van der Waals surface area contributed by atoms with Crippen LogP contribution >= 0.6 is 7.82 Å². The Hall–Kier alpha value is -3.55. The lowest BCUT2D eigenvalue weighted by Crippen LogP contribution is -2.61. The molecule has 2 aliphatic heterocycles. The number of carbonyl (C=O) groups is 4. The van der Waals surface area contributed by atoms with Crippen molar-refractivity contribution in [2.45, 2.75) is 102 Å². The molecule has 0 aliphatic carbocycles. The number of phosphoric acid groups is 1. The van der Waals surface area contributed by atoms with E-state index in [4.69, 9.17) is 53.3 Å². The Kier molecular flexibility index (Phi) is 15.1. The smallest absolute Gasteiger partial charge is 0.303 e. The van der Waals surface area contributed by atoms with Crippen LogP contribution in [0.5, 0.6) is 0 Å². The van der Waals surface area contributed by atoms with Gasteiger partial charge in [0.05, 0.1) is 13.2 Å². The quantitative estimate of drug-likeness (QED) is 0.0612. The van der Waals surface area contributed by atoms with Gasteiger partial charge in [-0.2, -0.15) is 0 Å². The molecule has 0 aromatic rings. The number of azide groups is 2. The fraction of sp³-hybridized carbons (Fsp3) is 0.826. The molecule has 22 nitrogen and oxygen atoms in total. The fourth-order valence-electron chi connectivity index (χ4n) is 4.53. The van der Waals surface area contributed by atoms with Crippen LogP contribution in [0.2, 0.25) is 0 Å². The van der Waals surface area contributed by atoms with E-state index in [1.165, 1.54) is 0 Å². The number of carbonyl (C=O) groups excluding carboxylic acids is 4. The van der Waals surface area contributed by atoms with Crippen LogP contribution in [0.3, 0.4) is 0 Å². The van der Waals surface area contributed by atoms with Gasteiger partial charge in [-0.3, -0.25) is 28.3 Å². The molecule has 0 bridgehead atoms. The SMILES string of the molecule is CCCO[C@H]1OC(COP(=O)([O-])O[C@H]2OC(CO)[C@@H](OC(C)=O)[C@H](OC(C)=O)C2N=[N+]=[N-])[C@@H](OC(C)=O)[C@H](OC(C)=O)C1N=[N+]=[N-]. The Balaban J connectivity index is 2.40. The van der Waals surface area contributed by atoms with Crippen LogP contribution in [0.1, 0.15) is 41.0 Å². The highest BCUT2D eigenvalue weighted by molar-refractivity contribution is 7.45. The van der Waals surface area contributed by atoms with Crippen molar-refractivity contribution < 1.29 is 75.9 Å². The average Bonchev–Trinajstić information content (AvgIpc) is 2.95. The number of rotatable bonds is 15. The number of hydrogen-bond acceptors (Lipinski definition) is 18. The summed E-state index contributed by atoms with van der Waals surface area (Å²) in [7, 11) is -5.55. The van der Waals surface area contributed by atoms with Crippen molar-refractivity contribution in [2.75, 3.05) is 19.8 Å². The number of esters is 4. The van der Waals surface area contributed by atoms with E-state index in [0.717, 1.165) is 27.7 Å². The molecular weight excluding hydrogens is 647 g/mol. The number of hydrogen-bond donors (Lipinski definition) is 1. The summed E-state index contributed by atoms with van der Waals surface area (Å²) in [5.41, 5.74) is 18.2. The van der Waals surface area contributed by atoms with E-state index in [-0.39, 0.29) is 6.61 Å². The molecule has 1 N–H and O–H groups in total. The second-order valence-electron chi connectivity index (χ2n) is 9.67. The lowest BCUT2D eigenvalue weighted by atomic mass is 9.97. The minimum Gasteiger partial charge on any atom is -0.756 e. The molecule has 0 radical (unpaired) electrons. The maximum absolute atomic E-state index is 13.0. The third-order valence-electron chi connectivity index (χ3n) is 6.10. The zero-order valence-corrected chi connectivity index (χ0v) is 26.2. The van der Waals surface area contributed by atoms with Gasteiger partial charge >= 0.3 is 23.9 Å². The number of phosphoric ester groups is 1. The van der Waals surface area contributed by atoms with Crippen molar-refractivity contribution in [3.05, 3.63) is 20.9 Å². The second-order valence-corrected chi connectivity index (χ2v) is 11.0. The standard InChI is InChI=1S/C23H35N6O16P/c1-6-7-37-22-16(26-28-24)20(41-12(4)33)19(40-11(3)32)15(44-22)9-38-46(35,36)45-23-17(27-29-25)21(42-13(5)34)18(39-10(2)31)14(8-30)43-23/h14-23,30H,6-9H2,1-5H3,(H,35,36)/p-1/t14?,15?,16?,17?,18-,19-,20-,21-,22+,23-/m1/s1. The summed E-state index contributed by atoms with van der Waals surface area (Å²) in [5.74, 6) is -3.63. The average molecular weight is 682 g/mol. The molecule has 258 valence electrons. The minimum atomic E-state index is -5.55. The van der Waals surface area contributed by atoms with Crippen molar-refractivity contribution in [1.29, 1.82) is 0 Å². The summed E-state index contributed by atoms with van der Waals surface area (Å²) in [6.45, 7) is 3.94. The zero-order chi connectivity index (χ0) is 34.6. The van der Waals surface area contributed by atoms with Crippen molar-refractivity contribution in [1.82, 2.24) is 0 Å². The largest absolute Gasteiger partial charge is 0.756 e. The number of aliphatic hydroxyl groups is 1. The third-order valence-corrected chi connectivity index (χ3v) is 7.03. The van der Waals surface area contributed by atoms with Crippen molar-refractivity contribution in [2.24, 2.45) is 10.2 Å². The van der Waals surface area contributed by atoms with Gasteiger partial charge in [0, 0.05) is 44.1 Å². The molecule has 0 aromatic heterocycles. The highest BCUT2D eigenvalue weighted by Gasteiger charge is 2.52. The van der Waals surface area contributed by atoms with Gasteiger partial charge in [0.2, 0.25) is 0 Å². The Morgan fingerprint density at radius 3 is 1.67 bits per heavy atom. The maximum atomic E-state index is 13.0. The van der Waals surface area contributed by atoms with Gasteiger partial charge in [0.25, 0.3) is 7.82 Å². The summed E-state index contributed by atoms with van der Waals surface area (Å²) >= 11 is 0. The van der Waals surface area contributed by atoms with E-state index in [9.17, 15) is 33.7 Å². The van der Waals surface area contributed by atoms with Gasteiger partial charge in [-0.15, -0.1) is 0 Å². The molecule has 0 spiro atoms. The monoisotopic (exact) mass is 681 g/mol. The molecule has 2 saturated heterocycles. The van der Waals surface area contributed by atoms with Crippen molar-refractivity contribution in [3.63, 3.8) is 0 Å². The molecule has 2 fully saturated rings. The molecule has 0 aromatic carbocycles. The first-order chi connectivity index (χ1) is 21.7. The lowest BCUT2D eigenvalue weighted by molar-refractivity contribution is -0.292. The molecule has 11 atom stereocenters. The summed E-state index contributed by atoms with van der Waals surface area (Å²) in [6, 6.07) is -3.17. The number of aliphatic hydroxyl groups excluding tert-OH is 1. The second kappa shape index (κ2) is 18.0. The molecule has 46 heavy (non-hydrogen) atoms. The van der Waals surface area contributed by atoms with Gasteiger partial charge in [0.1, 0.15) is 24.3 Å². The van der Waals surface area contributed by atoms with E-state index < -0.39 is 106 Å². The van der Waals surface area contributed by atoms with Gasteiger partial charge < -0.3 is 47.7 Å². The van der Waals surface area contributed by atoms with Crippen LogP contribution < -0.4 is 4.89 Å². The van der Waals surface area contributed by atoms with Crippen molar-refractivity contribution in [3.8, 4) is 0 Å². The Morgan fingerprint density at radius 2 is 1.24 bits per heavy atom. The summed E-state index contributed by atoms with van der Waals surface area (Å²) in [5, 5.41) is 16.8. The minimum absolute atomic E-state index is 0.0630. The summed E-state index contributed by atoms with van der Waals surface area (Å²) in [4.78, 5) is 65.7. The predicted molar refractivity (Wildman–Crippen MR) is 143 cm³/mol. The predicted octanol–water partition coefficient (Wildman–Crippen LogP) is 0.441. The summed E-state index contributed by atoms with van der Waals surface area (Å²) < 4.78 is 60.5. The molecule has 2 aliphatic rings. The molecule has 0 saturated carbocycles. The van der Waals surface area contributed by atoms with E-state index in [2.05, 4.69) is 20.1 Å². The highest BCUT2D eigenvalue weighted by atomic mass is 31.2. The summed E-state index contributed by atoms with van der Waals surface area (Å²) in [6.07, 6.45) is -12.4. The van der Waals surface area contributed by atoms with Crippen LogP contribution in [0.25, 0.3) is 20.9 Å². The molecule has 23 heteroatoms. The Bertz CT molecular complexity index is 1240. The molecule has 5 unspecified atom stereocenters. The maximum Gasteiger partial charge on any atom is 0.303 e. The normalized spacial score (nSPS) is 32.0.